The van der Waals surface area contributed by atoms with Crippen molar-refractivity contribution >= 4 is 12.0 Å². The summed E-state index contributed by atoms with van der Waals surface area (Å²) in [4.78, 5) is 27.2. The van der Waals surface area contributed by atoms with Crippen LogP contribution in [-0.4, -0.2) is 74.2 Å². The van der Waals surface area contributed by atoms with Crippen molar-refractivity contribution in [3.63, 3.8) is 0 Å². The van der Waals surface area contributed by atoms with Gasteiger partial charge in [-0.25, -0.2) is 9.18 Å². The predicted octanol–water partition coefficient (Wildman–Crippen LogP) is 3.12. The second kappa shape index (κ2) is 9.75. The molecule has 2 atom stereocenters. The van der Waals surface area contributed by atoms with Gasteiger partial charge >= 0.3 is 6.09 Å². The molecular formula is C24H35FN2O5. The SMILES string of the molecule is COCCCC(Cc1ccccc1)NC(=O)C1(F)CN(C(=O)OC(C)(C)C)CC12COC2. The Morgan fingerprint density at radius 3 is 2.47 bits per heavy atom. The van der Waals surface area contributed by atoms with Crippen LogP contribution in [0.1, 0.15) is 39.2 Å². The quantitative estimate of drug-likeness (QED) is 0.616. The topological polar surface area (TPSA) is 77.1 Å². The molecule has 0 radical (unpaired) electrons. The molecule has 7 nitrogen and oxygen atoms in total. The molecule has 2 aliphatic rings. The molecule has 2 heterocycles. The molecule has 8 heteroatoms. The van der Waals surface area contributed by atoms with Gasteiger partial charge in [-0.3, -0.25) is 4.79 Å². The number of halogens is 1. The lowest BCUT2D eigenvalue weighted by molar-refractivity contribution is -0.180. The minimum absolute atomic E-state index is 0.0961. The first-order valence-electron chi connectivity index (χ1n) is 11.2. The van der Waals surface area contributed by atoms with E-state index in [0.717, 1.165) is 12.0 Å². The minimum Gasteiger partial charge on any atom is -0.444 e. The molecule has 2 unspecified atom stereocenters. The van der Waals surface area contributed by atoms with E-state index in [2.05, 4.69) is 5.32 Å². The van der Waals surface area contributed by atoms with Crippen LogP contribution in [0, 0.1) is 5.41 Å². The maximum absolute atomic E-state index is 16.4. The van der Waals surface area contributed by atoms with Gasteiger partial charge in [-0.05, 0) is 45.6 Å². The number of rotatable bonds is 8. The van der Waals surface area contributed by atoms with E-state index < -0.39 is 28.7 Å². The van der Waals surface area contributed by atoms with Gasteiger partial charge in [-0.15, -0.1) is 0 Å². The first-order valence-corrected chi connectivity index (χ1v) is 11.2. The molecule has 3 rings (SSSR count). The largest absolute Gasteiger partial charge is 0.444 e. The van der Waals surface area contributed by atoms with Crippen molar-refractivity contribution < 1.29 is 28.2 Å². The Labute approximate surface area is 189 Å². The van der Waals surface area contributed by atoms with Gasteiger partial charge in [0.15, 0.2) is 0 Å². The zero-order chi connectivity index (χ0) is 23.4. The predicted molar refractivity (Wildman–Crippen MR) is 118 cm³/mol. The molecule has 0 aromatic heterocycles. The van der Waals surface area contributed by atoms with Gasteiger partial charge in [-0.1, -0.05) is 30.3 Å². The molecule has 32 heavy (non-hydrogen) atoms. The molecule has 2 fully saturated rings. The van der Waals surface area contributed by atoms with Gasteiger partial charge in [0.1, 0.15) is 5.60 Å². The van der Waals surface area contributed by atoms with Gasteiger partial charge in [0.25, 0.3) is 5.91 Å². The van der Waals surface area contributed by atoms with Gasteiger partial charge in [0, 0.05) is 26.3 Å². The number of hydrogen-bond donors (Lipinski definition) is 1. The highest BCUT2D eigenvalue weighted by Crippen LogP contribution is 2.48. The normalized spacial score (nSPS) is 23.0. The second-order valence-corrected chi connectivity index (χ2v) is 9.91. The van der Waals surface area contributed by atoms with Crippen LogP contribution in [0.25, 0.3) is 0 Å². The number of carbonyl (C=O) groups is 2. The molecule has 0 saturated carbocycles. The van der Waals surface area contributed by atoms with Crippen molar-refractivity contribution in [3.05, 3.63) is 35.9 Å². The summed E-state index contributed by atoms with van der Waals surface area (Å²) in [5.74, 6) is -0.690. The minimum atomic E-state index is -2.24. The average molecular weight is 451 g/mol. The Morgan fingerprint density at radius 1 is 1.22 bits per heavy atom. The second-order valence-electron chi connectivity index (χ2n) is 9.91. The average Bonchev–Trinajstić information content (AvgIpc) is 3.03. The number of nitrogens with zero attached hydrogens (tertiary/aromatic N) is 1. The fourth-order valence-corrected chi connectivity index (χ4v) is 4.31. The molecular weight excluding hydrogens is 415 g/mol. The van der Waals surface area contributed by atoms with E-state index in [1.54, 1.807) is 27.9 Å². The van der Waals surface area contributed by atoms with Crippen molar-refractivity contribution in [3.8, 4) is 0 Å². The van der Waals surface area contributed by atoms with E-state index in [0.29, 0.717) is 19.4 Å². The van der Waals surface area contributed by atoms with Crippen LogP contribution in [0.2, 0.25) is 0 Å². The lowest BCUT2D eigenvalue weighted by Gasteiger charge is -2.44. The van der Waals surface area contributed by atoms with E-state index in [1.165, 1.54) is 4.90 Å². The Bertz CT molecular complexity index is 793. The van der Waals surface area contributed by atoms with E-state index in [9.17, 15) is 9.59 Å². The van der Waals surface area contributed by atoms with Gasteiger partial charge < -0.3 is 24.4 Å². The molecule has 0 aliphatic carbocycles. The zero-order valence-corrected chi connectivity index (χ0v) is 19.5. The molecule has 2 aliphatic heterocycles. The molecule has 1 aromatic carbocycles. The Kier molecular flexibility index (Phi) is 7.45. The fourth-order valence-electron chi connectivity index (χ4n) is 4.31. The van der Waals surface area contributed by atoms with Crippen LogP contribution in [0.3, 0.4) is 0 Å². The first-order chi connectivity index (χ1) is 15.1. The van der Waals surface area contributed by atoms with E-state index in [4.69, 9.17) is 14.2 Å². The Hall–Kier alpha value is -2.19. The summed E-state index contributed by atoms with van der Waals surface area (Å²) < 4.78 is 32.2. The number of alkyl halides is 1. The van der Waals surface area contributed by atoms with Crippen molar-refractivity contribution in [1.82, 2.24) is 10.2 Å². The van der Waals surface area contributed by atoms with Crippen molar-refractivity contribution in [2.45, 2.75) is 57.3 Å². The summed E-state index contributed by atoms with van der Waals surface area (Å²) in [6.45, 7) is 5.79. The van der Waals surface area contributed by atoms with Crippen LogP contribution < -0.4 is 5.32 Å². The molecule has 0 bridgehead atoms. The highest BCUT2D eigenvalue weighted by Gasteiger charge is 2.68. The lowest BCUT2D eigenvalue weighted by Crippen LogP contribution is -2.64. The first kappa shape index (κ1) is 24.5. The van der Waals surface area contributed by atoms with Crippen LogP contribution >= 0.6 is 0 Å². The van der Waals surface area contributed by atoms with Crippen molar-refractivity contribution in [2.75, 3.05) is 40.0 Å². The number of ether oxygens (including phenoxy) is 3. The maximum atomic E-state index is 16.4. The number of methoxy groups -OCH3 is 1. The highest BCUT2D eigenvalue weighted by molar-refractivity contribution is 5.88. The molecule has 2 saturated heterocycles. The van der Waals surface area contributed by atoms with E-state index in [1.807, 2.05) is 30.3 Å². The number of hydrogen-bond acceptors (Lipinski definition) is 5. The van der Waals surface area contributed by atoms with Crippen LogP contribution in [0.4, 0.5) is 9.18 Å². The van der Waals surface area contributed by atoms with Crippen molar-refractivity contribution in [2.24, 2.45) is 5.41 Å². The summed E-state index contributed by atoms with van der Waals surface area (Å²) >= 11 is 0. The zero-order valence-electron chi connectivity index (χ0n) is 19.5. The molecule has 1 N–H and O–H groups in total. The van der Waals surface area contributed by atoms with E-state index >= 15 is 4.39 Å². The third-order valence-electron chi connectivity index (χ3n) is 6.07. The molecule has 1 aromatic rings. The molecule has 1 spiro atoms. The summed E-state index contributed by atoms with van der Waals surface area (Å²) in [5.41, 5.74) is -2.92. The summed E-state index contributed by atoms with van der Waals surface area (Å²) in [7, 11) is 1.63. The van der Waals surface area contributed by atoms with E-state index in [-0.39, 0.29) is 32.3 Å². The number of carbonyl (C=O) groups excluding carboxylic acids is 2. The van der Waals surface area contributed by atoms with Crippen molar-refractivity contribution in [1.29, 1.82) is 0 Å². The summed E-state index contributed by atoms with van der Waals surface area (Å²) in [5, 5.41) is 2.93. The number of benzene rings is 1. The summed E-state index contributed by atoms with van der Waals surface area (Å²) in [6, 6.07) is 9.54. The maximum Gasteiger partial charge on any atom is 0.410 e. The van der Waals surface area contributed by atoms with Crippen LogP contribution in [0.15, 0.2) is 30.3 Å². The van der Waals surface area contributed by atoms with Gasteiger partial charge in [-0.2, -0.15) is 0 Å². The Morgan fingerprint density at radius 2 is 1.91 bits per heavy atom. The highest BCUT2D eigenvalue weighted by atomic mass is 19.1. The monoisotopic (exact) mass is 450 g/mol. The van der Waals surface area contributed by atoms with Crippen LogP contribution in [-0.2, 0) is 25.4 Å². The molecule has 2 amide bonds. The van der Waals surface area contributed by atoms with Gasteiger partial charge in [0.05, 0.1) is 25.2 Å². The smallest absolute Gasteiger partial charge is 0.410 e. The Balaban J connectivity index is 1.74. The number of amides is 2. The number of nitrogens with one attached hydrogen (secondary N) is 1. The fraction of sp³-hybridized carbons (Fsp3) is 0.667. The number of likely N-dealkylation sites (tertiary alicyclic amines) is 1. The van der Waals surface area contributed by atoms with Gasteiger partial charge in [0.2, 0.25) is 5.67 Å². The third kappa shape index (κ3) is 5.41. The standard InChI is InChI=1S/C24H35FN2O5/c1-22(2,3)32-21(29)27-14-23(16-31-17-23)24(25,15-27)20(28)26-19(11-8-12-30-4)13-18-9-6-5-7-10-18/h5-7,9-10,19H,8,11-17H2,1-4H3,(H,26,28). The lowest BCUT2D eigenvalue weighted by atomic mass is 9.73. The summed E-state index contributed by atoms with van der Waals surface area (Å²) in [6.07, 6.45) is 1.37. The third-order valence-corrected chi connectivity index (χ3v) is 6.07. The molecule has 178 valence electrons. The van der Waals surface area contributed by atoms with Crippen LogP contribution in [0.5, 0.6) is 0 Å².